The first kappa shape index (κ1) is 13.5. The monoisotopic (exact) mass is 274 g/mol. The normalized spacial score (nSPS) is 12.2. The van der Waals surface area contributed by atoms with Crippen LogP contribution in [0.5, 0.6) is 0 Å². The Balaban J connectivity index is 2.11. The van der Waals surface area contributed by atoms with Crippen molar-refractivity contribution in [3.63, 3.8) is 0 Å². The Morgan fingerprint density at radius 1 is 0.905 bits per heavy atom. The molecule has 1 unspecified atom stereocenters. The third kappa shape index (κ3) is 2.58. The standard InChI is InChI=1S/C19H18N2/c1-20-18-10-6-5-9-17(18)19(21-2)16-12-11-14-7-3-4-8-15(14)13-16/h3-13,19,21H,1H2,2H3. The van der Waals surface area contributed by atoms with Crippen molar-refractivity contribution in [3.8, 4) is 0 Å². The molecule has 0 spiro atoms. The molecule has 3 rings (SSSR count). The number of nitrogens with zero attached hydrogens (tertiary/aromatic N) is 1. The zero-order chi connectivity index (χ0) is 14.7. The Morgan fingerprint density at radius 3 is 2.38 bits per heavy atom. The van der Waals surface area contributed by atoms with Crippen LogP contribution >= 0.6 is 0 Å². The predicted molar refractivity (Wildman–Crippen MR) is 90.5 cm³/mol. The van der Waals surface area contributed by atoms with Gasteiger partial charge in [0, 0.05) is 0 Å². The minimum absolute atomic E-state index is 0.108. The second kappa shape index (κ2) is 5.90. The number of para-hydroxylation sites is 1. The van der Waals surface area contributed by atoms with E-state index in [0.29, 0.717) is 0 Å². The lowest BCUT2D eigenvalue weighted by molar-refractivity contribution is 0.693. The summed E-state index contributed by atoms with van der Waals surface area (Å²) in [7, 11) is 1.97. The van der Waals surface area contributed by atoms with E-state index in [2.05, 4.69) is 65.6 Å². The molecule has 0 heterocycles. The molecule has 21 heavy (non-hydrogen) atoms. The third-order valence-corrected chi connectivity index (χ3v) is 3.81. The van der Waals surface area contributed by atoms with E-state index in [9.17, 15) is 0 Å². The number of benzene rings is 3. The largest absolute Gasteiger partial charge is 0.309 e. The van der Waals surface area contributed by atoms with Crippen molar-refractivity contribution in [2.75, 3.05) is 7.05 Å². The molecule has 104 valence electrons. The van der Waals surface area contributed by atoms with E-state index < -0.39 is 0 Å². The summed E-state index contributed by atoms with van der Waals surface area (Å²) >= 11 is 0. The molecule has 0 radical (unpaired) electrons. The minimum Gasteiger partial charge on any atom is -0.309 e. The predicted octanol–water partition coefficient (Wildman–Crippen LogP) is 4.48. The lowest BCUT2D eigenvalue weighted by Crippen LogP contribution is -2.17. The van der Waals surface area contributed by atoms with E-state index in [1.807, 2.05) is 25.2 Å². The Bertz CT molecular complexity index is 777. The van der Waals surface area contributed by atoms with E-state index in [0.717, 1.165) is 11.3 Å². The molecule has 0 fully saturated rings. The van der Waals surface area contributed by atoms with Gasteiger partial charge in [0.15, 0.2) is 0 Å². The van der Waals surface area contributed by atoms with Crippen molar-refractivity contribution in [3.05, 3.63) is 77.9 Å². The van der Waals surface area contributed by atoms with Gasteiger partial charge in [-0.25, -0.2) is 0 Å². The zero-order valence-corrected chi connectivity index (χ0v) is 12.1. The molecule has 2 heteroatoms. The van der Waals surface area contributed by atoms with E-state index in [1.54, 1.807) is 0 Å². The molecule has 3 aromatic rings. The fourth-order valence-corrected chi connectivity index (χ4v) is 2.76. The number of fused-ring (bicyclic) bond motifs is 1. The lowest BCUT2D eigenvalue weighted by Gasteiger charge is -2.19. The average molecular weight is 274 g/mol. The van der Waals surface area contributed by atoms with Gasteiger partial charge < -0.3 is 5.32 Å². The van der Waals surface area contributed by atoms with Crippen molar-refractivity contribution in [1.29, 1.82) is 0 Å². The van der Waals surface area contributed by atoms with Crippen molar-refractivity contribution < 1.29 is 0 Å². The van der Waals surface area contributed by atoms with Gasteiger partial charge in [-0.1, -0.05) is 54.6 Å². The summed E-state index contributed by atoms with van der Waals surface area (Å²) in [6, 6.07) is 23.2. The van der Waals surface area contributed by atoms with Crippen molar-refractivity contribution in [2.45, 2.75) is 6.04 Å². The summed E-state index contributed by atoms with van der Waals surface area (Å²) in [5.41, 5.74) is 3.29. The number of hydrogen-bond donors (Lipinski definition) is 1. The van der Waals surface area contributed by atoms with Crippen molar-refractivity contribution in [2.24, 2.45) is 4.99 Å². The van der Waals surface area contributed by atoms with Crippen LogP contribution < -0.4 is 5.32 Å². The van der Waals surface area contributed by atoms with Gasteiger partial charge in [-0.3, -0.25) is 4.99 Å². The Labute approximate surface area is 125 Å². The highest BCUT2D eigenvalue weighted by molar-refractivity contribution is 5.83. The van der Waals surface area contributed by atoms with E-state index in [1.165, 1.54) is 16.3 Å². The third-order valence-electron chi connectivity index (χ3n) is 3.81. The van der Waals surface area contributed by atoms with Gasteiger partial charge >= 0.3 is 0 Å². The van der Waals surface area contributed by atoms with Gasteiger partial charge in [-0.15, -0.1) is 0 Å². The SMILES string of the molecule is C=Nc1ccccc1C(NC)c1ccc2ccccc2c1. The Hall–Kier alpha value is -2.45. The summed E-state index contributed by atoms with van der Waals surface area (Å²) in [4.78, 5) is 4.14. The summed E-state index contributed by atoms with van der Waals surface area (Å²) in [6.45, 7) is 3.67. The molecule has 3 aromatic carbocycles. The van der Waals surface area contributed by atoms with Crippen LogP contribution in [0.3, 0.4) is 0 Å². The highest BCUT2D eigenvalue weighted by Crippen LogP contribution is 2.31. The van der Waals surface area contributed by atoms with Crippen LogP contribution in [-0.4, -0.2) is 13.8 Å². The summed E-state index contributed by atoms with van der Waals surface area (Å²) in [5, 5.41) is 5.89. The van der Waals surface area contributed by atoms with Crippen LogP contribution in [0, 0.1) is 0 Å². The highest BCUT2D eigenvalue weighted by Gasteiger charge is 2.15. The van der Waals surface area contributed by atoms with E-state index >= 15 is 0 Å². The number of rotatable bonds is 4. The first-order valence-electron chi connectivity index (χ1n) is 7.05. The molecule has 0 aliphatic heterocycles. The smallest absolute Gasteiger partial charge is 0.0673 e. The van der Waals surface area contributed by atoms with Gasteiger partial charge in [-0.05, 0) is 47.8 Å². The summed E-state index contributed by atoms with van der Waals surface area (Å²) in [6.07, 6.45) is 0. The summed E-state index contributed by atoms with van der Waals surface area (Å²) in [5.74, 6) is 0. The maximum Gasteiger partial charge on any atom is 0.0673 e. The molecule has 0 saturated carbocycles. The number of nitrogens with one attached hydrogen (secondary N) is 1. The summed E-state index contributed by atoms with van der Waals surface area (Å²) < 4.78 is 0. The van der Waals surface area contributed by atoms with Gasteiger partial charge in [0.1, 0.15) is 0 Å². The molecule has 0 aliphatic rings. The van der Waals surface area contributed by atoms with Gasteiger partial charge in [0.2, 0.25) is 0 Å². The number of aliphatic imine (C=N–C) groups is 1. The van der Waals surface area contributed by atoms with Crippen LogP contribution in [0.15, 0.2) is 71.7 Å². The average Bonchev–Trinajstić information content (AvgIpc) is 2.56. The second-order valence-corrected chi connectivity index (χ2v) is 5.05. The quantitative estimate of drug-likeness (QED) is 0.697. The fourth-order valence-electron chi connectivity index (χ4n) is 2.76. The second-order valence-electron chi connectivity index (χ2n) is 5.05. The van der Waals surface area contributed by atoms with Gasteiger partial charge in [0.05, 0.1) is 11.7 Å². The Kier molecular flexibility index (Phi) is 3.80. The molecule has 1 atom stereocenters. The van der Waals surface area contributed by atoms with E-state index in [4.69, 9.17) is 0 Å². The van der Waals surface area contributed by atoms with Crippen molar-refractivity contribution in [1.82, 2.24) is 5.32 Å². The van der Waals surface area contributed by atoms with Crippen LogP contribution in [0.4, 0.5) is 5.69 Å². The first-order chi connectivity index (χ1) is 10.3. The van der Waals surface area contributed by atoms with Crippen LogP contribution in [0.25, 0.3) is 10.8 Å². The number of hydrogen-bond acceptors (Lipinski definition) is 2. The van der Waals surface area contributed by atoms with E-state index in [-0.39, 0.29) is 6.04 Å². The fraction of sp³-hybridized carbons (Fsp3) is 0.105. The maximum atomic E-state index is 4.14. The molecular formula is C19H18N2. The molecule has 0 bridgehead atoms. The van der Waals surface area contributed by atoms with Gasteiger partial charge in [0.25, 0.3) is 0 Å². The minimum atomic E-state index is 0.108. The molecule has 0 aliphatic carbocycles. The molecule has 2 nitrogen and oxygen atoms in total. The Morgan fingerprint density at radius 2 is 1.62 bits per heavy atom. The first-order valence-corrected chi connectivity index (χ1v) is 7.05. The topological polar surface area (TPSA) is 24.4 Å². The van der Waals surface area contributed by atoms with Crippen LogP contribution in [0.1, 0.15) is 17.2 Å². The van der Waals surface area contributed by atoms with Crippen LogP contribution in [0.2, 0.25) is 0 Å². The zero-order valence-electron chi connectivity index (χ0n) is 12.1. The van der Waals surface area contributed by atoms with Crippen molar-refractivity contribution >= 4 is 23.2 Å². The molecule has 0 aromatic heterocycles. The molecular weight excluding hydrogens is 256 g/mol. The maximum absolute atomic E-state index is 4.14. The lowest BCUT2D eigenvalue weighted by atomic mass is 9.95. The molecule has 0 amide bonds. The van der Waals surface area contributed by atoms with Crippen LogP contribution in [-0.2, 0) is 0 Å². The molecule has 1 N–H and O–H groups in total. The highest BCUT2D eigenvalue weighted by atomic mass is 14.9. The molecule has 0 saturated heterocycles. The van der Waals surface area contributed by atoms with Gasteiger partial charge in [-0.2, -0.15) is 0 Å².